The van der Waals surface area contributed by atoms with Crippen LogP contribution in [-0.2, 0) is 22.5 Å². The van der Waals surface area contributed by atoms with Crippen molar-refractivity contribution < 1.29 is 9.53 Å². The fraction of sp³-hybridized carbons (Fsp3) is 0.200. The number of nitrogens with one attached hydrogen (secondary N) is 4. The Hall–Kier alpha value is -3.72. The molecule has 2 aromatic carbocycles. The van der Waals surface area contributed by atoms with Crippen molar-refractivity contribution in [3.8, 4) is 0 Å². The van der Waals surface area contributed by atoms with Gasteiger partial charge in [-0.1, -0.05) is 6.07 Å². The van der Waals surface area contributed by atoms with Gasteiger partial charge in [-0.05, 0) is 35.9 Å². The van der Waals surface area contributed by atoms with Gasteiger partial charge in [0.05, 0.1) is 28.5 Å². The summed E-state index contributed by atoms with van der Waals surface area (Å²) in [4.78, 5) is 27.3. The summed E-state index contributed by atoms with van der Waals surface area (Å²) in [6, 6.07) is 11.3. The van der Waals surface area contributed by atoms with E-state index in [-0.39, 0.29) is 18.3 Å². The molecule has 0 saturated carbocycles. The van der Waals surface area contributed by atoms with Crippen LogP contribution >= 0.6 is 0 Å². The topological polar surface area (TPSA) is 146 Å². The molecule has 0 radical (unpaired) electrons. The molecule has 9 heteroatoms. The number of ether oxygens (including phenoxy) is 1. The van der Waals surface area contributed by atoms with Crippen molar-refractivity contribution >= 4 is 33.8 Å². The number of benzene rings is 2. The summed E-state index contributed by atoms with van der Waals surface area (Å²) in [5.74, 6) is 1.42. The van der Waals surface area contributed by atoms with Crippen LogP contribution < -0.4 is 11.1 Å². The third kappa shape index (κ3) is 4.09. The molecule has 148 valence electrons. The van der Waals surface area contributed by atoms with Crippen LogP contribution in [0.5, 0.6) is 0 Å². The third-order valence-electron chi connectivity index (χ3n) is 4.54. The number of nitrogen functional groups attached to an aromatic ring is 1. The molecule has 1 amide bonds. The maximum atomic E-state index is 11.5. The molecule has 9 nitrogen and oxygen atoms in total. The number of hydrogen-bond acceptors (Lipinski definition) is 5. The smallest absolute Gasteiger partial charge is 0.246 e. The number of carbonyl (C=O) groups excluding carboxylic acids is 1. The Morgan fingerprint density at radius 3 is 2.41 bits per heavy atom. The van der Waals surface area contributed by atoms with E-state index in [2.05, 4.69) is 25.3 Å². The van der Waals surface area contributed by atoms with Crippen LogP contribution in [0.2, 0.25) is 0 Å². The molecule has 0 aliphatic rings. The van der Waals surface area contributed by atoms with Gasteiger partial charge in [0.15, 0.2) is 0 Å². The quantitative estimate of drug-likeness (QED) is 0.240. The second kappa shape index (κ2) is 7.72. The summed E-state index contributed by atoms with van der Waals surface area (Å²) >= 11 is 0. The van der Waals surface area contributed by atoms with E-state index < -0.39 is 0 Å². The number of nitrogens with zero attached hydrogens (tertiary/aromatic N) is 2. The molecule has 0 spiro atoms. The van der Waals surface area contributed by atoms with E-state index in [0.29, 0.717) is 18.5 Å². The number of rotatable bonds is 7. The number of hydrogen-bond donors (Lipinski definition) is 5. The molecule has 0 unspecified atom stereocenters. The zero-order valence-electron chi connectivity index (χ0n) is 15.9. The number of methoxy groups -OCH3 is 1. The lowest BCUT2D eigenvalue weighted by Crippen LogP contribution is -2.26. The summed E-state index contributed by atoms with van der Waals surface area (Å²) in [6.45, 7) is 0.469. The molecule has 2 heterocycles. The molecule has 4 aromatic rings. The van der Waals surface area contributed by atoms with Crippen molar-refractivity contribution in [2.45, 2.75) is 13.0 Å². The average molecular weight is 391 g/mol. The van der Waals surface area contributed by atoms with E-state index in [4.69, 9.17) is 15.9 Å². The van der Waals surface area contributed by atoms with Gasteiger partial charge in [-0.2, -0.15) is 0 Å². The third-order valence-corrected chi connectivity index (χ3v) is 4.54. The van der Waals surface area contributed by atoms with Crippen LogP contribution in [0.1, 0.15) is 22.8 Å². The van der Waals surface area contributed by atoms with Crippen molar-refractivity contribution in [3.63, 3.8) is 0 Å². The van der Waals surface area contributed by atoms with Gasteiger partial charge in [0.1, 0.15) is 24.1 Å². The summed E-state index contributed by atoms with van der Waals surface area (Å²) < 4.78 is 4.81. The predicted molar refractivity (Wildman–Crippen MR) is 110 cm³/mol. The molecule has 29 heavy (non-hydrogen) atoms. The minimum atomic E-state index is -0.157. The van der Waals surface area contributed by atoms with Crippen LogP contribution in [0.3, 0.4) is 0 Å². The largest absolute Gasteiger partial charge is 0.384 e. The van der Waals surface area contributed by atoms with Gasteiger partial charge in [0.25, 0.3) is 0 Å². The molecule has 0 atom stereocenters. The van der Waals surface area contributed by atoms with E-state index in [1.54, 1.807) is 6.07 Å². The Morgan fingerprint density at radius 1 is 1.10 bits per heavy atom. The highest BCUT2D eigenvalue weighted by molar-refractivity contribution is 5.97. The number of aromatic amines is 2. The molecule has 0 aliphatic carbocycles. The Kier molecular flexibility index (Phi) is 4.96. The first kappa shape index (κ1) is 18.6. The highest BCUT2D eigenvalue weighted by Crippen LogP contribution is 2.18. The number of amides is 1. The normalized spacial score (nSPS) is 11.2. The van der Waals surface area contributed by atoms with Crippen molar-refractivity contribution in [2.75, 3.05) is 13.7 Å². The Morgan fingerprint density at radius 2 is 1.76 bits per heavy atom. The zero-order valence-corrected chi connectivity index (χ0v) is 15.9. The second-order valence-electron chi connectivity index (χ2n) is 6.75. The molecule has 2 aromatic heterocycles. The Bertz CT molecular complexity index is 1210. The first-order valence-corrected chi connectivity index (χ1v) is 9.08. The van der Waals surface area contributed by atoms with Crippen molar-refractivity contribution in [1.29, 1.82) is 5.41 Å². The number of imidazole rings is 2. The number of H-pyrrole nitrogens is 2. The lowest BCUT2D eigenvalue weighted by Gasteiger charge is -2.04. The van der Waals surface area contributed by atoms with Gasteiger partial charge in [0, 0.05) is 19.2 Å². The van der Waals surface area contributed by atoms with E-state index >= 15 is 0 Å². The fourth-order valence-electron chi connectivity index (χ4n) is 3.16. The number of fused-ring (bicyclic) bond motifs is 2. The number of carbonyl (C=O) groups is 1. The highest BCUT2D eigenvalue weighted by atomic mass is 16.5. The number of amidine groups is 1. The van der Waals surface area contributed by atoms with Gasteiger partial charge < -0.3 is 25.8 Å². The minimum absolute atomic E-state index is 0.0227. The van der Waals surface area contributed by atoms with E-state index in [1.165, 1.54) is 7.11 Å². The summed E-state index contributed by atoms with van der Waals surface area (Å²) in [5, 5.41) is 10.4. The van der Waals surface area contributed by atoms with Crippen LogP contribution in [-0.4, -0.2) is 45.4 Å². The van der Waals surface area contributed by atoms with Gasteiger partial charge in [-0.15, -0.1) is 0 Å². The highest BCUT2D eigenvalue weighted by Gasteiger charge is 2.10. The molecule has 6 N–H and O–H groups in total. The standard InChI is InChI=1S/C20H21N7O2/c1-29-10-19(28)23-9-11-2-4-13-15(6-11)26-17(24-13)8-18-25-14-5-3-12(20(21)22)7-16(14)27-18/h2-7H,8-10H2,1H3,(H3,21,22)(H,23,28)(H,24,26)(H,25,27). The molecule has 4 rings (SSSR count). The fourth-order valence-corrected chi connectivity index (χ4v) is 3.16. The zero-order chi connectivity index (χ0) is 20.4. The van der Waals surface area contributed by atoms with Gasteiger partial charge >= 0.3 is 0 Å². The van der Waals surface area contributed by atoms with Crippen molar-refractivity contribution in [3.05, 3.63) is 59.2 Å². The van der Waals surface area contributed by atoms with Crippen molar-refractivity contribution in [2.24, 2.45) is 5.73 Å². The first-order chi connectivity index (χ1) is 14.0. The molecule has 0 fully saturated rings. The number of nitrogens with two attached hydrogens (primary N) is 1. The number of aromatic nitrogens is 4. The van der Waals surface area contributed by atoms with Gasteiger partial charge in [-0.3, -0.25) is 10.2 Å². The summed E-state index contributed by atoms with van der Waals surface area (Å²) in [5.41, 5.74) is 10.6. The van der Waals surface area contributed by atoms with Crippen LogP contribution in [0.4, 0.5) is 0 Å². The van der Waals surface area contributed by atoms with Crippen LogP contribution in [0, 0.1) is 5.41 Å². The van der Waals surface area contributed by atoms with Gasteiger partial charge in [0.2, 0.25) is 5.91 Å². The Balaban J connectivity index is 1.51. The first-order valence-electron chi connectivity index (χ1n) is 9.08. The van der Waals surface area contributed by atoms with E-state index in [0.717, 1.165) is 39.3 Å². The van der Waals surface area contributed by atoms with Crippen molar-refractivity contribution in [1.82, 2.24) is 25.3 Å². The van der Waals surface area contributed by atoms with Crippen LogP contribution in [0.25, 0.3) is 22.1 Å². The summed E-state index contributed by atoms with van der Waals surface area (Å²) in [6.07, 6.45) is 0.513. The SMILES string of the molecule is COCC(=O)NCc1ccc2nc(Cc3nc4ccc(C(=N)N)cc4[nH]3)[nH]c2c1. The monoisotopic (exact) mass is 391 g/mol. The lowest BCUT2D eigenvalue weighted by molar-refractivity contribution is -0.124. The molecular formula is C20H21N7O2. The molecule has 0 saturated heterocycles. The maximum absolute atomic E-state index is 11.5. The van der Waals surface area contributed by atoms with E-state index in [9.17, 15) is 4.79 Å². The molecule has 0 aliphatic heterocycles. The summed E-state index contributed by atoms with van der Waals surface area (Å²) in [7, 11) is 1.49. The molecule has 0 bridgehead atoms. The minimum Gasteiger partial charge on any atom is -0.384 e. The molecular weight excluding hydrogens is 370 g/mol. The maximum Gasteiger partial charge on any atom is 0.246 e. The second-order valence-corrected chi connectivity index (χ2v) is 6.75. The lowest BCUT2D eigenvalue weighted by atomic mass is 10.2. The average Bonchev–Trinajstić information content (AvgIpc) is 3.28. The predicted octanol–water partition coefficient (Wildman–Crippen LogP) is 1.58. The Labute approximate surface area is 166 Å². The van der Waals surface area contributed by atoms with Crippen LogP contribution in [0.15, 0.2) is 36.4 Å². The van der Waals surface area contributed by atoms with E-state index in [1.807, 2.05) is 30.3 Å². The van der Waals surface area contributed by atoms with Gasteiger partial charge in [-0.25, -0.2) is 9.97 Å².